The Morgan fingerprint density at radius 1 is 1.24 bits per heavy atom. The van der Waals surface area contributed by atoms with Gasteiger partial charge in [0.25, 0.3) is 0 Å². The van der Waals surface area contributed by atoms with Crippen LogP contribution in [-0.4, -0.2) is 74.6 Å². The molecule has 186 valence electrons. The van der Waals surface area contributed by atoms with E-state index in [0.717, 1.165) is 0 Å². The Kier molecular flexibility index (Phi) is 6.15. The Morgan fingerprint density at radius 3 is 2.39 bits per heavy atom. The first kappa shape index (κ1) is 25.8. The largest absolute Gasteiger partial charge is 0.440 e. The molecule has 9 nitrogen and oxygen atoms in total. The second-order valence-corrected chi connectivity index (χ2v) is 11.2. The lowest BCUT2D eigenvalue weighted by Crippen LogP contribution is -2.86. The fourth-order valence-corrected chi connectivity index (χ4v) is 6.83. The third-order valence-corrected chi connectivity index (χ3v) is 8.44. The molecule has 9 heteroatoms. The van der Waals surface area contributed by atoms with E-state index in [4.69, 9.17) is 9.47 Å². The van der Waals surface area contributed by atoms with Gasteiger partial charge in [0.15, 0.2) is 17.5 Å². The van der Waals surface area contributed by atoms with Gasteiger partial charge in [0.05, 0.1) is 24.4 Å². The molecule has 3 fully saturated rings. The number of aliphatic hydroxyl groups is 3. The van der Waals surface area contributed by atoms with Crippen LogP contribution in [0.5, 0.6) is 0 Å². The highest BCUT2D eigenvalue weighted by molar-refractivity contribution is 5.92. The number of hydrogen-bond donors (Lipinski definition) is 4. The summed E-state index contributed by atoms with van der Waals surface area (Å²) in [5.74, 6) is -1.68. The summed E-state index contributed by atoms with van der Waals surface area (Å²) >= 11 is 0. The number of Topliss-reactive ketones (excluding diaryl/α,β-unsaturated/α-hetero) is 2. The van der Waals surface area contributed by atoms with Crippen LogP contribution in [0.3, 0.4) is 0 Å². The minimum Gasteiger partial charge on any atom is -0.440 e. The van der Waals surface area contributed by atoms with Gasteiger partial charge in [-0.25, -0.2) is 4.79 Å². The highest BCUT2D eigenvalue weighted by Gasteiger charge is 2.81. The van der Waals surface area contributed by atoms with Crippen LogP contribution in [0.4, 0.5) is 4.79 Å². The molecule has 3 aliphatic rings. The summed E-state index contributed by atoms with van der Waals surface area (Å²) in [7, 11) is 0. The molecule has 0 spiro atoms. The van der Waals surface area contributed by atoms with Gasteiger partial charge in [-0.3, -0.25) is 9.59 Å². The summed E-state index contributed by atoms with van der Waals surface area (Å²) in [6.07, 6.45) is -2.86. The molecule has 0 radical (unpaired) electrons. The molecule has 0 aromatic rings. The van der Waals surface area contributed by atoms with E-state index in [0.29, 0.717) is 12.8 Å². The van der Waals surface area contributed by atoms with Gasteiger partial charge in [-0.2, -0.15) is 0 Å². The molecule has 2 saturated carbocycles. The zero-order valence-electron chi connectivity index (χ0n) is 20.3. The molecular formula is C24H37NO8. The van der Waals surface area contributed by atoms with Crippen LogP contribution >= 0.6 is 0 Å². The van der Waals surface area contributed by atoms with Crippen molar-refractivity contribution in [1.82, 2.24) is 5.32 Å². The first-order valence-corrected chi connectivity index (χ1v) is 11.4. The molecule has 0 aromatic heterocycles. The van der Waals surface area contributed by atoms with Crippen molar-refractivity contribution in [1.29, 1.82) is 0 Å². The Hall–Kier alpha value is -1.81. The standard InChI is InChI=1S/C24H37NO8/c1-8-21(5)11-15(28)24(31)22(6)14(27)9-10-20(3,4)17(22)16(29)18(23(24,7)33-21)32-19(30)25-12-13(2)26/h8,14,16-18,27,29,31H,1,9-12H2,2-7H3,(H,25,30)/t14-,16-,17-,18-,21-,22-,23+,24-/m0/s1. The van der Waals surface area contributed by atoms with Crippen molar-refractivity contribution in [2.24, 2.45) is 16.7 Å². The maximum Gasteiger partial charge on any atom is 0.407 e. The minimum absolute atomic E-state index is 0.197. The Morgan fingerprint density at radius 2 is 1.85 bits per heavy atom. The SMILES string of the molecule is C=C[C@@]1(C)CC(=O)[C@]2(O)[C@@]3(C)[C@@H](O)CCC(C)(C)[C@@H]3[C@H](O)[C@H](OC(=O)NCC(C)=O)[C@@]2(C)O1. The Bertz CT molecular complexity index is 873. The van der Waals surface area contributed by atoms with Gasteiger partial charge >= 0.3 is 6.09 Å². The lowest BCUT2D eigenvalue weighted by atomic mass is 9.40. The monoisotopic (exact) mass is 467 g/mol. The van der Waals surface area contributed by atoms with E-state index in [-0.39, 0.29) is 18.7 Å². The normalized spacial score (nSPS) is 46.5. The Balaban J connectivity index is 2.21. The van der Waals surface area contributed by atoms with Crippen LogP contribution in [0, 0.1) is 16.7 Å². The molecular weight excluding hydrogens is 430 g/mol. The molecule has 0 bridgehead atoms. The van der Waals surface area contributed by atoms with Gasteiger partial charge in [0.1, 0.15) is 11.4 Å². The predicted molar refractivity (Wildman–Crippen MR) is 118 cm³/mol. The van der Waals surface area contributed by atoms with E-state index in [9.17, 15) is 29.7 Å². The summed E-state index contributed by atoms with van der Waals surface area (Å²) in [4.78, 5) is 37.6. The number of aliphatic hydroxyl groups excluding tert-OH is 2. The summed E-state index contributed by atoms with van der Waals surface area (Å²) in [6.45, 7) is 13.2. The van der Waals surface area contributed by atoms with Crippen molar-refractivity contribution in [3.8, 4) is 0 Å². The number of ether oxygens (including phenoxy) is 2. The summed E-state index contributed by atoms with van der Waals surface area (Å²) in [6, 6.07) is 0. The maximum absolute atomic E-state index is 13.7. The maximum atomic E-state index is 13.7. The van der Waals surface area contributed by atoms with Crippen LogP contribution < -0.4 is 5.32 Å². The molecule has 0 unspecified atom stereocenters. The molecule has 4 N–H and O–H groups in total. The van der Waals surface area contributed by atoms with Gasteiger partial charge in [-0.05, 0) is 39.0 Å². The first-order valence-electron chi connectivity index (χ1n) is 11.4. The lowest BCUT2D eigenvalue weighted by Gasteiger charge is -2.71. The predicted octanol–water partition coefficient (Wildman–Crippen LogP) is 1.27. The number of ketones is 2. The molecule has 1 saturated heterocycles. The van der Waals surface area contributed by atoms with Gasteiger partial charge in [-0.1, -0.05) is 26.8 Å². The average Bonchev–Trinajstić information content (AvgIpc) is 2.70. The number of rotatable bonds is 4. The first-order chi connectivity index (χ1) is 15.0. The molecule has 33 heavy (non-hydrogen) atoms. The fourth-order valence-electron chi connectivity index (χ4n) is 6.83. The highest BCUT2D eigenvalue weighted by Crippen LogP contribution is 2.67. The molecule has 2 aliphatic carbocycles. The number of amides is 1. The van der Waals surface area contributed by atoms with Crippen LogP contribution in [0.15, 0.2) is 12.7 Å². The smallest absolute Gasteiger partial charge is 0.407 e. The lowest BCUT2D eigenvalue weighted by molar-refractivity contribution is -0.369. The van der Waals surface area contributed by atoms with E-state index in [2.05, 4.69) is 11.9 Å². The van der Waals surface area contributed by atoms with Crippen molar-refractivity contribution in [3.05, 3.63) is 12.7 Å². The number of carbonyl (C=O) groups is 3. The van der Waals surface area contributed by atoms with Gasteiger partial charge < -0.3 is 30.1 Å². The molecule has 8 atom stereocenters. The van der Waals surface area contributed by atoms with Gasteiger partial charge in [-0.15, -0.1) is 6.58 Å². The molecule has 1 aliphatic heterocycles. The fraction of sp³-hybridized carbons (Fsp3) is 0.792. The van der Waals surface area contributed by atoms with Crippen molar-refractivity contribution < 1.29 is 39.2 Å². The van der Waals surface area contributed by atoms with Crippen molar-refractivity contribution in [3.63, 3.8) is 0 Å². The van der Waals surface area contributed by atoms with E-state index < -0.39 is 63.7 Å². The summed E-state index contributed by atoms with van der Waals surface area (Å²) in [5.41, 5.74) is -7.50. The van der Waals surface area contributed by atoms with E-state index in [1.165, 1.54) is 19.9 Å². The van der Waals surface area contributed by atoms with Gasteiger partial charge in [0, 0.05) is 17.8 Å². The third-order valence-electron chi connectivity index (χ3n) is 8.44. The second kappa shape index (κ2) is 7.86. The second-order valence-electron chi connectivity index (χ2n) is 11.2. The third kappa shape index (κ3) is 3.47. The average molecular weight is 468 g/mol. The topological polar surface area (TPSA) is 142 Å². The molecule has 0 aromatic carbocycles. The summed E-state index contributed by atoms with van der Waals surface area (Å²) in [5, 5.41) is 37.4. The van der Waals surface area contributed by atoms with Crippen molar-refractivity contribution in [2.45, 2.75) is 95.9 Å². The molecule has 1 heterocycles. The number of alkyl carbamates (subject to hydrolysis) is 1. The van der Waals surface area contributed by atoms with Crippen LogP contribution in [0.25, 0.3) is 0 Å². The van der Waals surface area contributed by atoms with Gasteiger partial charge in [0.2, 0.25) is 0 Å². The number of hydrogen-bond acceptors (Lipinski definition) is 8. The number of fused-ring (bicyclic) bond motifs is 3. The minimum atomic E-state index is -2.28. The van der Waals surface area contributed by atoms with E-state index in [1.807, 2.05) is 13.8 Å². The van der Waals surface area contributed by atoms with E-state index in [1.54, 1.807) is 13.8 Å². The highest BCUT2D eigenvalue weighted by atomic mass is 16.6. The van der Waals surface area contributed by atoms with Crippen LogP contribution in [0.2, 0.25) is 0 Å². The summed E-state index contributed by atoms with van der Waals surface area (Å²) < 4.78 is 11.9. The van der Waals surface area contributed by atoms with E-state index >= 15 is 0 Å². The zero-order chi connectivity index (χ0) is 25.2. The quantitative estimate of drug-likeness (QED) is 0.453. The van der Waals surface area contributed by atoms with Crippen LogP contribution in [0.1, 0.15) is 60.8 Å². The molecule has 3 rings (SSSR count). The Labute approximate surface area is 194 Å². The molecule has 1 amide bonds. The number of carbonyl (C=O) groups excluding carboxylic acids is 3. The van der Waals surface area contributed by atoms with Crippen LogP contribution in [-0.2, 0) is 19.1 Å². The zero-order valence-corrected chi connectivity index (χ0v) is 20.3. The number of nitrogens with one attached hydrogen (secondary N) is 1. The van der Waals surface area contributed by atoms with Crippen molar-refractivity contribution in [2.75, 3.05) is 6.54 Å². The van der Waals surface area contributed by atoms with Crippen molar-refractivity contribution >= 4 is 17.7 Å².